The molecular formula is C21H22N4O4S3. The van der Waals surface area contributed by atoms with E-state index in [1.54, 1.807) is 19.1 Å². The average molecular weight is 491 g/mol. The maximum atomic E-state index is 13.0. The highest BCUT2D eigenvalue weighted by Crippen LogP contribution is 2.29. The van der Waals surface area contributed by atoms with Crippen molar-refractivity contribution in [2.24, 2.45) is 0 Å². The lowest BCUT2D eigenvalue weighted by Crippen LogP contribution is -2.40. The first kappa shape index (κ1) is 22.9. The number of hydrogen-bond acceptors (Lipinski definition) is 8. The lowest BCUT2D eigenvalue weighted by atomic mass is 10.1. The molecule has 0 unspecified atom stereocenters. The molecule has 1 amide bonds. The third kappa shape index (κ3) is 5.36. The van der Waals surface area contributed by atoms with Crippen molar-refractivity contribution in [3.8, 4) is 0 Å². The van der Waals surface area contributed by atoms with Crippen molar-refractivity contribution in [2.75, 3.05) is 31.6 Å². The number of anilines is 1. The maximum absolute atomic E-state index is 13.0. The number of amides is 1. The summed E-state index contributed by atoms with van der Waals surface area (Å²) in [5, 5.41) is 11.2. The molecule has 0 saturated carbocycles. The van der Waals surface area contributed by atoms with Gasteiger partial charge >= 0.3 is 0 Å². The van der Waals surface area contributed by atoms with E-state index in [0.717, 1.165) is 10.1 Å². The summed E-state index contributed by atoms with van der Waals surface area (Å²) in [6.45, 7) is 3.04. The first-order chi connectivity index (χ1) is 15.4. The van der Waals surface area contributed by atoms with Crippen LogP contribution < -0.4 is 5.32 Å². The molecule has 0 radical (unpaired) electrons. The summed E-state index contributed by atoms with van der Waals surface area (Å²) in [5.74, 6) is 0.323. The van der Waals surface area contributed by atoms with Gasteiger partial charge in [0.1, 0.15) is 0 Å². The predicted molar refractivity (Wildman–Crippen MR) is 125 cm³/mol. The highest BCUT2D eigenvalue weighted by molar-refractivity contribution is 8.00. The number of aryl methyl sites for hydroxylation is 1. The van der Waals surface area contributed by atoms with Gasteiger partial charge in [-0.2, -0.15) is 4.31 Å². The highest BCUT2D eigenvalue weighted by atomic mass is 32.2. The second-order valence-corrected chi connectivity index (χ2v) is 11.2. The SMILES string of the molecule is Cc1ccc(C(=O)Nc2nnc(SCc3ccccc3)s2)cc1S(=O)(=O)N1CCOCC1. The third-order valence-electron chi connectivity index (χ3n) is 4.87. The van der Waals surface area contributed by atoms with Gasteiger partial charge in [-0.3, -0.25) is 10.1 Å². The van der Waals surface area contributed by atoms with E-state index >= 15 is 0 Å². The van der Waals surface area contributed by atoms with Crippen LogP contribution >= 0.6 is 23.1 Å². The molecule has 0 atom stereocenters. The maximum Gasteiger partial charge on any atom is 0.257 e. The molecule has 11 heteroatoms. The minimum absolute atomic E-state index is 0.128. The van der Waals surface area contributed by atoms with Gasteiger partial charge in [0.05, 0.1) is 18.1 Å². The molecule has 2 heterocycles. The molecular weight excluding hydrogens is 468 g/mol. The summed E-state index contributed by atoms with van der Waals surface area (Å²) in [7, 11) is -3.71. The van der Waals surface area contributed by atoms with Gasteiger partial charge in [0, 0.05) is 24.4 Å². The van der Waals surface area contributed by atoms with Crippen LogP contribution in [0.1, 0.15) is 21.5 Å². The van der Waals surface area contributed by atoms with Gasteiger partial charge in [-0.05, 0) is 30.2 Å². The van der Waals surface area contributed by atoms with Gasteiger partial charge in [-0.15, -0.1) is 10.2 Å². The number of thioether (sulfide) groups is 1. The fraction of sp³-hybridized carbons (Fsp3) is 0.286. The number of rotatable bonds is 7. The van der Waals surface area contributed by atoms with Crippen LogP contribution in [-0.4, -0.2) is 55.1 Å². The molecule has 32 heavy (non-hydrogen) atoms. The van der Waals surface area contributed by atoms with Crippen molar-refractivity contribution in [1.29, 1.82) is 0 Å². The van der Waals surface area contributed by atoms with Gasteiger partial charge in [-0.1, -0.05) is 59.5 Å². The zero-order chi connectivity index (χ0) is 22.6. The van der Waals surface area contributed by atoms with E-state index in [2.05, 4.69) is 15.5 Å². The van der Waals surface area contributed by atoms with Crippen LogP contribution in [0.5, 0.6) is 0 Å². The predicted octanol–water partition coefficient (Wildman–Crippen LogP) is 3.41. The summed E-state index contributed by atoms with van der Waals surface area (Å²) in [6, 6.07) is 14.7. The minimum Gasteiger partial charge on any atom is -0.379 e. The Morgan fingerprint density at radius 3 is 2.66 bits per heavy atom. The number of aromatic nitrogens is 2. The lowest BCUT2D eigenvalue weighted by molar-refractivity contribution is 0.0730. The van der Waals surface area contributed by atoms with E-state index in [4.69, 9.17) is 4.74 Å². The minimum atomic E-state index is -3.71. The molecule has 1 aliphatic heterocycles. The molecule has 1 fully saturated rings. The van der Waals surface area contributed by atoms with Crippen molar-refractivity contribution in [1.82, 2.24) is 14.5 Å². The zero-order valence-corrected chi connectivity index (χ0v) is 19.8. The number of carbonyl (C=O) groups is 1. The number of nitrogens with zero attached hydrogens (tertiary/aromatic N) is 3. The number of morpholine rings is 1. The molecule has 1 aromatic heterocycles. The van der Waals surface area contributed by atoms with Crippen molar-refractivity contribution >= 4 is 44.2 Å². The van der Waals surface area contributed by atoms with Crippen molar-refractivity contribution < 1.29 is 17.9 Å². The molecule has 0 spiro atoms. The summed E-state index contributed by atoms with van der Waals surface area (Å²) >= 11 is 2.82. The molecule has 0 aliphatic carbocycles. The Morgan fingerprint density at radius 1 is 1.16 bits per heavy atom. The van der Waals surface area contributed by atoms with Crippen molar-refractivity contribution in [3.63, 3.8) is 0 Å². The number of ether oxygens (including phenoxy) is 1. The number of hydrogen-bond donors (Lipinski definition) is 1. The molecule has 8 nitrogen and oxygen atoms in total. The molecule has 1 saturated heterocycles. The fourth-order valence-electron chi connectivity index (χ4n) is 3.15. The van der Waals surface area contributed by atoms with Gasteiger partial charge in [0.2, 0.25) is 15.2 Å². The second-order valence-electron chi connectivity index (χ2n) is 7.10. The van der Waals surface area contributed by atoms with Crippen LogP contribution in [0.3, 0.4) is 0 Å². The molecule has 168 valence electrons. The molecule has 4 rings (SSSR count). The molecule has 2 aromatic carbocycles. The number of sulfonamides is 1. The first-order valence-electron chi connectivity index (χ1n) is 9.93. The van der Waals surface area contributed by atoms with E-state index in [1.165, 1.54) is 39.0 Å². The van der Waals surface area contributed by atoms with E-state index < -0.39 is 15.9 Å². The largest absolute Gasteiger partial charge is 0.379 e. The monoisotopic (exact) mass is 490 g/mol. The van der Waals surface area contributed by atoms with Gasteiger partial charge in [-0.25, -0.2) is 8.42 Å². The Morgan fingerprint density at radius 2 is 1.91 bits per heavy atom. The smallest absolute Gasteiger partial charge is 0.257 e. The highest BCUT2D eigenvalue weighted by Gasteiger charge is 2.28. The third-order valence-corrected chi connectivity index (χ3v) is 8.95. The molecule has 0 bridgehead atoms. The number of benzene rings is 2. The Balaban J connectivity index is 1.45. The molecule has 1 aliphatic rings. The van der Waals surface area contributed by atoms with Crippen LogP contribution in [0, 0.1) is 6.92 Å². The lowest BCUT2D eigenvalue weighted by Gasteiger charge is -2.26. The summed E-state index contributed by atoms with van der Waals surface area (Å²) in [6.07, 6.45) is 0. The van der Waals surface area contributed by atoms with Crippen molar-refractivity contribution in [2.45, 2.75) is 21.9 Å². The summed E-state index contributed by atoms with van der Waals surface area (Å²) < 4.78 is 33.5. The quantitative estimate of drug-likeness (QED) is 0.400. The second kappa shape index (κ2) is 10.1. The van der Waals surface area contributed by atoms with Crippen LogP contribution in [0.2, 0.25) is 0 Å². The van der Waals surface area contributed by atoms with Crippen LogP contribution in [-0.2, 0) is 20.5 Å². The Kier molecular flexibility index (Phi) is 7.21. The van der Waals surface area contributed by atoms with E-state index in [-0.39, 0.29) is 10.5 Å². The van der Waals surface area contributed by atoms with Crippen LogP contribution in [0.15, 0.2) is 57.8 Å². The fourth-order valence-corrected chi connectivity index (χ4v) is 6.51. The van der Waals surface area contributed by atoms with Gasteiger partial charge < -0.3 is 4.74 Å². The summed E-state index contributed by atoms with van der Waals surface area (Å²) in [5.41, 5.74) is 2.01. The Bertz CT molecular complexity index is 1190. The topological polar surface area (TPSA) is 101 Å². The Hall–Kier alpha value is -2.31. The number of carbonyl (C=O) groups excluding carboxylic acids is 1. The average Bonchev–Trinajstić information content (AvgIpc) is 3.26. The number of nitrogens with one attached hydrogen (secondary N) is 1. The molecule has 1 N–H and O–H groups in total. The van der Waals surface area contributed by atoms with Gasteiger partial charge in [0.15, 0.2) is 4.34 Å². The molecule has 3 aromatic rings. The first-order valence-corrected chi connectivity index (χ1v) is 13.2. The Labute approximate surface area is 195 Å². The van der Waals surface area contributed by atoms with E-state index in [1.807, 2.05) is 30.3 Å². The normalized spacial score (nSPS) is 14.9. The van der Waals surface area contributed by atoms with Crippen LogP contribution in [0.25, 0.3) is 0 Å². The summed E-state index contributed by atoms with van der Waals surface area (Å²) in [4.78, 5) is 12.9. The standard InChI is InChI=1S/C21H22N4O4S3/c1-15-7-8-17(13-18(15)32(27,28)25-9-11-29-12-10-25)19(26)22-20-23-24-21(31-20)30-14-16-5-3-2-4-6-16/h2-8,13H,9-12,14H2,1H3,(H,22,23,26). The van der Waals surface area contributed by atoms with E-state index in [9.17, 15) is 13.2 Å². The van der Waals surface area contributed by atoms with Crippen LogP contribution in [0.4, 0.5) is 5.13 Å². The van der Waals surface area contributed by atoms with Crippen molar-refractivity contribution in [3.05, 3.63) is 65.2 Å². The van der Waals surface area contributed by atoms with E-state index in [0.29, 0.717) is 37.0 Å². The zero-order valence-electron chi connectivity index (χ0n) is 17.4. The van der Waals surface area contributed by atoms with Gasteiger partial charge in [0.25, 0.3) is 5.91 Å².